The fourth-order valence-electron chi connectivity index (χ4n) is 2.01. The Labute approximate surface area is 134 Å². The summed E-state index contributed by atoms with van der Waals surface area (Å²) < 4.78 is 17.3. The molecule has 0 fully saturated rings. The average Bonchev–Trinajstić information content (AvgIpc) is 2.73. The third-order valence-corrected chi connectivity index (χ3v) is 4.19. The van der Waals surface area contributed by atoms with Crippen LogP contribution in [0.25, 0.3) is 0 Å². The molecule has 0 saturated carbocycles. The minimum absolute atomic E-state index is 0.481. The van der Waals surface area contributed by atoms with Crippen molar-refractivity contribution in [1.29, 1.82) is 0 Å². The first kappa shape index (κ1) is 14.1. The molecule has 20 heavy (non-hydrogen) atoms. The topological polar surface area (TPSA) is 31.6 Å². The molecule has 0 amide bonds. The summed E-state index contributed by atoms with van der Waals surface area (Å²) in [5, 5.41) is 0.0488. The summed E-state index contributed by atoms with van der Waals surface area (Å²) in [6.07, 6.45) is 0.844. The van der Waals surface area contributed by atoms with Crippen molar-refractivity contribution in [1.82, 2.24) is 0 Å². The van der Waals surface area contributed by atoms with Gasteiger partial charge < -0.3 is 13.9 Å². The monoisotopic (exact) mass is 376 g/mol. The highest BCUT2D eigenvalue weighted by molar-refractivity contribution is 9.10. The van der Waals surface area contributed by atoms with Crippen LogP contribution in [0, 0.1) is 0 Å². The number of ether oxygens (including phenoxy) is 2. The van der Waals surface area contributed by atoms with Gasteiger partial charge in [-0.15, -0.1) is 11.6 Å². The Morgan fingerprint density at radius 3 is 2.45 bits per heavy atom. The number of hydrogen-bond donors (Lipinski definition) is 0. The minimum Gasteiger partial charge on any atom is -0.490 e. The van der Waals surface area contributed by atoms with Crippen LogP contribution < -0.4 is 9.47 Å². The van der Waals surface area contributed by atoms with E-state index in [1.807, 2.05) is 6.07 Å². The van der Waals surface area contributed by atoms with Crippen molar-refractivity contribution in [2.24, 2.45) is 0 Å². The maximum absolute atomic E-state index is 6.44. The molecule has 6 heteroatoms. The van der Waals surface area contributed by atoms with E-state index in [-0.39, 0.29) is 0 Å². The van der Waals surface area contributed by atoms with Crippen LogP contribution in [-0.4, -0.2) is 13.2 Å². The molecule has 1 aromatic heterocycles. The summed E-state index contributed by atoms with van der Waals surface area (Å²) in [4.78, 5) is 0. The van der Waals surface area contributed by atoms with Crippen LogP contribution in [0.2, 0.25) is 5.02 Å². The van der Waals surface area contributed by atoms with Crippen molar-refractivity contribution in [2.75, 3.05) is 13.2 Å². The predicted octanol–water partition coefficient (Wildman–Crippen LogP) is 5.19. The standard InChI is InChI=1S/C14H11BrCl2O3/c15-13-3-2-10(20-13)14(17)8-6-11-12(7-9(8)16)19-5-1-4-18-11/h2-3,6-7,14H,1,4-5H2. The van der Waals surface area contributed by atoms with E-state index in [1.54, 1.807) is 18.2 Å². The molecule has 3 nitrogen and oxygen atoms in total. The van der Waals surface area contributed by atoms with E-state index in [0.29, 0.717) is 40.2 Å². The maximum Gasteiger partial charge on any atom is 0.169 e. The minimum atomic E-state index is -0.481. The van der Waals surface area contributed by atoms with Gasteiger partial charge in [0.1, 0.15) is 11.1 Å². The molecule has 0 spiro atoms. The second-order valence-electron chi connectivity index (χ2n) is 4.38. The summed E-state index contributed by atoms with van der Waals surface area (Å²) in [6.45, 7) is 1.24. The number of fused-ring (bicyclic) bond motifs is 1. The largest absolute Gasteiger partial charge is 0.490 e. The normalized spacial score (nSPS) is 15.8. The Kier molecular flexibility index (Phi) is 4.15. The molecular weight excluding hydrogens is 367 g/mol. The predicted molar refractivity (Wildman–Crippen MR) is 81.2 cm³/mol. The van der Waals surface area contributed by atoms with Crippen molar-refractivity contribution < 1.29 is 13.9 Å². The number of halogens is 3. The average molecular weight is 378 g/mol. The van der Waals surface area contributed by atoms with Gasteiger partial charge in [-0.1, -0.05) is 11.6 Å². The quantitative estimate of drug-likeness (QED) is 0.675. The van der Waals surface area contributed by atoms with E-state index >= 15 is 0 Å². The number of rotatable bonds is 2. The van der Waals surface area contributed by atoms with Crippen molar-refractivity contribution >= 4 is 39.1 Å². The molecule has 1 aliphatic heterocycles. The molecule has 1 unspecified atom stereocenters. The second-order valence-corrected chi connectivity index (χ2v) is 6.00. The van der Waals surface area contributed by atoms with E-state index < -0.39 is 5.38 Å². The fourth-order valence-corrected chi connectivity index (χ4v) is 2.95. The van der Waals surface area contributed by atoms with E-state index in [2.05, 4.69) is 15.9 Å². The number of furan rings is 1. The molecule has 0 radical (unpaired) electrons. The van der Waals surface area contributed by atoms with Crippen LogP contribution in [0.5, 0.6) is 11.5 Å². The fraction of sp³-hybridized carbons (Fsp3) is 0.286. The second kappa shape index (κ2) is 5.88. The van der Waals surface area contributed by atoms with Crippen molar-refractivity contribution in [3.8, 4) is 11.5 Å². The highest BCUT2D eigenvalue weighted by atomic mass is 79.9. The van der Waals surface area contributed by atoms with Gasteiger partial charge in [-0.3, -0.25) is 0 Å². The molecule has 2 heterocycles. The molecule has 1 aliphatic rings. The molecule has 106 valence electrons. The molecule has 0 aliphatic carbocycles. The lowest BCUT2D eigenvalue weighted by molar-refractivity contribution is 0.297. The number of benzene rings is 1. The zero-order chi connectivity index (χ0) is 14.1. The molecular formula is C14H11BrCl2O3. The van der Waals surface area contributed by atoms with Crippen LogP contribution >= 0.6 is 39.1 Å². The zero-order valence-electron chi connectivity index (χ0n) is 10.4. The Bertz CT molecular complexity index is 627. The summed E-state index contributed by atoms with van der Waals surface area (Å²) in [6, 6.07) is 7.16. The van der Waals surface area contributed by atoms with Gasteiger partial charge in [-0.25, -0.2) is 0 Å². The van der Waals surface area contributed by atoms with Crippen LogP contribution in [-0.2, 0) is 0 Å². The lowest BCUT2D eigenvalue weighted by Crippen LogP contribution is -1.97. The van der Waals surface area contributed by atoms with Gasteiger partial charge in [-0.2, -0.15) is 0 Å². The maximum atomic E-state index is 6.44. The van der Waals surface area contributed by atoms with E-state index in [0.717, 1.165) is 12.0 Å². The van der Waals surface area contributed by atoms with Crippen molar-refractivity contribution in [2.45, 2.75) is 11.8 Å². The molecule has 0 bridgehead atoms. The molecule has 1 atom stereocenters. The van der Waals surface area contributed by atoms with Crippen LogP contribution in [0.4, 0.5) is 0 Å². The van der Waals surface area contributed by atoms with Crippen LogP contribution in [0.3, 0.4) is 0 Å². The van der Waals surface area contributed by atoms with Crippen molar-refractivity contribution in [3.63, 3.8) is 0 Å². The first-order valence-corrected chi connectivity index (χ1v) is 7.74. The van der Waals surface area contributed by atoms with E-state index in [9.17, 15) is 0 Å². The van der Waals surface area contributed by atoms with E-state index in [1.165, 1.54) is 0 Å². The lowest BCUT2D eigenvalue weighted by atomic mass is 10.1. The van der Waals surface area contributed by atoms with Crippen molar-refractivity contribution in [3.05, 3.63) is 45.3 Å². The third-order valence-electron chi connectivity index (χ3n) is 2.98. The first-order chi connectivity index (χ1) is 9.65. The van der Waals surface area contributed by atoms with Gasteiger partial charge in [0.2, 0.25) is 0 Å². The smallest absolute Gasteiger partial charge is 0.169 e. The van der Waals surface area contributed by atoms with Gasteiger partial charge in [0.25, 0.3) is 0 Å². The number of alkyl halides is 1. The summed E-state index contributed by atoms with van der Waals surface area (Å²) in [5.74, 6) is 1.94. The SMILES string of the molecule is Clc1cc2c(cc1C(Cl)c1ccc(Br)o1)OCCCO2. The molecule has 0 saturated heterocycles. The zero-order valence-corrected chi connectivity index (χ0v) is 13.5. The Morgan fingerprint density at radius 2 is 1.80 bits per heavy atom. The Balaban J connectivity index is 1.99. The Morgan fingerprint density at radius 1 is 1.10 bits per heavy atom. The highest BCUT2D eigenvalue weighted by Gasteiger charge is 2.22. The summed E-state index contributed by atoms with van der Waals surface area (Å²) in [7, 11) is 0. The van der Waals surface area contributed by atoms with Gasteiger partial charge in [0.05, 0.1) is 13.2 Å². The van der Waals surface area contributed by atoms with Gasteiger partial charge in [-0.05, 0) is 34.1 Å². The molecule has 0 N–H and O–H groups in total. The molecule has 2 aromatic rings. The molecule has 3 rings (SSSR count). The highest BCUT2D eigenvalue weighted by Crippen LogP contribution is 2.41. The lowest BCUT2D eigenvalue weighted by Gasteiger charge is -2.14. The van der Waals surface area contributed by atoms with Gasteiger partial charge in [0, 0.05) is 23.1 Å². The van der Waals surface area contributed by atoms with Gasteiger partial charge in [0.15, 0.2) is 16.2 Å². The van der Waals surface area contributed by atoms with Gasteiger partial charge >= 0.3 is 0 Å². The third kappa shape index (κ3) is 2.78. The first-order valence-electron chi connectivity index (χ1n) is 6.13. The van der Waals surface area contributed by atoms with Crippen LogP contribution in [0.15, 0.2) is 33.4 Å². The van der Waals surface area contributed by atoms with E-state index in [4.69, 9.17) is 37.1 Å². The van der Waals surface area contributed by atoms with Crippen LogP contribution in [0.1, 0.15) is 23.1 Å². The number of hydrogen-bond acceptors (Lipinski definition) is 3. The Hall–Kier alpha value is -0.840. The molecule has 1 aromatic carbocycles. The summed E-state index contributed by atoms with van der Waals surface area (Å²) >= 11 is 16.0. The summed E-state index contributed by atoms with van der Waals surface area (Å²) in [5.41, 5.74) is 0.736.